The van der Waals surface area contributed by atoms with Crippen LogP contribution in [0.3, 0.4) is 0 Å². The SMILES string of the molecule is CN1CCN(c2ccccc2NC(=S)NCCSc2ccc(Cl)cc2)CC1. The first-order valence-electron chi connectivity index (χ1n) is 9.07. The van der Waals surface area contributed by atoms with Gasteiger partial charge in [-0.1, -0.05) is 23.7 Å². The number of piperazine rings is 1. The first-order chi connectivity index (χ1) is 13.1. The Morgan fingerprint density at radius 1 is 1.07 bits per heavy atom. The highest BCUT2D eigenvalue weighted by Gasteiger charge is 2.17. The van der Waals surface area contributed by atoms with Gasteiger partial charge in [0.2, 0.25) is 0 Å². The Morgan fingerprint density at radius 3 is 2.52 bits per heavy atom. The molecule has 1 heterocycles. The van der Waals surface area contributed by atoms with Crippen LogP contribution < -0.4 is 15.5 Å². The molecule has 0 radical (unpaired) electrons. The molecule has 0 atom stereocenters. The van der Waals surface area contributed by atoms with E-state index >= 15 is 0 Å². The minimum Gasteiger partial charge on any atom is -0.367 e. The largest absolute Gasteiger partial charge is 0.367 e. The van der Waals surface area contributed by atoms with Gasteiger partial charge >= 0.3 is 0 Å². The van der Waals surface area contributed by atoms with Crippen molar-refractivity contribution in [2.45, 2.75) is 4.90 Å². The van der Waals surface area contributed by atoms with E-state index in [1.54, 1.807) is 11.8 Å². The molecule has 27 heavy (non-hydrogen) atoms. The maximum atomic E-state index is 5.91. The number of benzene rings is 2. The third-order valence-electron chi connectivity index (χ3n) is 4.47. The zero-order valence-corrected chi connectivity index (χ0v) is 17.8. The minimum atomic E-state index is 0.660. The quantitative estimate of drug-likeness (QED) is 0.414. The van der Waals surface area contributed by atoms with Gasteiger partial charge in [0.1, 0.15) is 0 Å². The van der Waals surface area contributed by atoms with E-state index in [0.29, 0.717) is 5.11 Å². The van der Waals surface area contributed by atoms with Crippen molar-refractivity contribution < 1.29 is 0 Å². The summed E-state index contributed by atoms with van der Waals surface area (Å²) < 4.78 is 0. The highest BCUT2D eigenvalue weighted by Crippen LogP contribution is 2.26. The number of rotatable bonds is 6. The van der Waals surface area contributed by atoms with Gasteiger partial charge < -0.3 is 20.4 Å². The molecule has 0 amide bonds. The molecule has 0 bridgehead atoms. The van der Waals surface area contributed by atoms with Gasteiger partial charge in [-0.3, -0.25) is 0 Å². The second kappa shape index (κ2) is 10.2. The average molecular weight is 421 g/mol. The Kier molecular flexibility index (Phi) is 7.64. The van der Waals surface area contributed by atoms with E-state index in [1.165, 1.54) is 10.6 Å². The maximum absolute atomic E-state index is 5.91. The van der Waals surface area contributed by atoms with E-state index in [4.69, 9.17) is 23.8 Å². The molecule has 2 N–H and O–H groups in total. The van der Waals surface area contributed by atoms with Crippen molar-refractivity contribution in [2.24, 2.45) is 0 Å². The molecule has 3 rings (SSSR count). The molecule has 0 saturated carbocycles. The monoisotopic (exact) mass is 420 g/mol. The average Bonchev–Trinajstić information content (AvgIpc) is 2.68. The van der Waals surface area contributed by atoms with E-state index in [9.17, 15) is 0 Å². The van der Waals surface area contributed by atoms with Gasteiger partial charge in [0.25, 0.3) is 0 Å². The Labute approximate surface area is 176 Å². The standard InChI is InChI=1S/C20H25ClN4S2/c1-24-11-13-25(14-12-24)19-5-3-2-4-18(19)23-20(26)22-10-15-27-17-8-6-16(21)7-9-17/h2-9H,10-15H2,1H3,(H2,22,23,26). The summed E-state index contributed by atoms with van der Waals surface area (Å²) in [6.45, 7) is 5.04. The second-order valence-electron chi connectivity index (χ2n) is 6.49. The molecule has 1 aliphatic rings. The van der Waals surface area contributed by atoms with Gasteiger partial charge in [0.05, 0.1) is 11.4 Å². The van der Waals surface area contributed by atoms with E-state index in [2.05, 4.69) is 45.7 Å². The molecule has 144 valence electrons. The summed E-state index contributed by atoms with van der Waals surface area (Å²) in [5.74, 6) is 0.934. The number of hydrogen-bond acceptors (Lipinski definition) is 4. The molecule has 4 nitrogen and oxygen atoms in total. The van der Waals surface area contributed by atoms with Gasteiger partial charge in [-0.2, -0.15) is 0 Å². The normalized spacial score (nSPS) is 14.8. The summed E-state index contributed by atoms with van der Waals surface area (Å²) in [5.41, 5.74) is 2.27. The van der Waals surface area contributed by atoms with Gasteiger partial charge in [0, 0.05) is 48.4 Å². The van der Waals surface area contributed by atoms with Crippen molar-refractivity contribution in [3.8, 4) is 0 Å². The lowest BCUT2D eigenvalue weighted by atomic mass is 10.2. The smallest absolute Gasteiger partial charge is 0.170 e. The second-order valence-corrected chi connectivity index (χ2v) is 8.50. The number of likely N-dealkylation sites (N-methyl/N-ethyl adjacent to an activating group) is 1. The summed E-state index contributed by atoms with van der Waals surface area (Å²) in [4.78, 5) is 5.98. The predicted molar refractivity (Wildman–Crippen MR) is 123 cm³/mol. The molecule has 1 fully saturated rings. The lowest BCUT2D eigenvalue weighted by Crippen LogP contribution is -2.44. The zero-order valence-electron chi connectivity index (χ0n) is 15.5. The van der Waals surface area contributed by atoms with Crippen LogP contribution in [-0.4, -0.2) is 55.5 Å². The number of halogens is 1. The third kappa shape index (κ3) is 6.28. The first-order valence-corrected chi connectivity index (χ1v) is 10.8. The Hall–Kier alpha value is -1.47. The number of para-hydroxylation sites is 2. The topological polar surface area (TPSA) is 30.5 Å². The van der Waals surface area contributed by atoms with Crippen LogP contribution in [0.4, 0.5) is 11.4 Å². The highest BCUT2D eigenvalue weighted by atomic mass is 35.5. The van der Waals surface area contributed by atoms with Crippen LogP contribution in [0.15, 0.2) is 53.4 Å². The summed E-state index contributed by atoms with van der Waals surface area (Å²) in [5, 5.41) is 8.09. The number of anilines is 2. The highest BCUT2D eigenvalue weighted by molar-refractivity contribution is 7.99. The van der Waals surface area contributed by atoms with Crippen molar-refractivity contribution in [2.75, 3.05) is 55.7 Å². The van der Waals surface area contributed by atoms with Gasteiger partial charge in [0.15, 0.2) is 5.11 Å². The van der Waals surface area contributed by atoms with Crippen LogP contribution >= 0.6 is 35.6 Å². The summed E-state index contributed by atoms with van der Waals surface area (Å²) in [6.07, 6.45) is 0. The van der Waals surface area contributed by atoms with Crippen molar-refractivity contribution in [3.63, 3.8) is 0 Å². The van der Waals surface area contributed by atoms with Crippen molar-refractivity contribution in [3.05, 3.63) is 53.6 Å². The van der Waals surface area contributed by atoms with Gasteiger partial charge in [-0.25, -0.2) is 0 Å². The Bertz CT molecular complexity index is 746. The van der Waals surface area contributed by atoms with Crippen LogP contribution in [0, 0.1) is 0 Å². The molecule has 1 saturated heterocycles. The van der Waals surface area contributed by atoms with E-state index in [1.807, 2.05) is 30.3 Å². The van der Waals surface area contributed by atoms with E-state index in [0.717, 1.165) is 49.2 Å². The number of nitrogens with one attached hydrogen (secondary N) is 2. The van der Waals surface area contributed by atoms with Gasteiger partial charge in [-0.15, -0.1) is 11.8 Å². The Morgan fingerprint density at radius 2 is 1.78 bits per heavy atom. The fraction of sp³-hybridized carbons (Fsp3) is 0.350. The first kappa shape index (κ1) is 20.3. The summed E-state index contributed by atoms with van der Waals surface area (Å²) in [6, 6.07) is 16.3. The van der Waals surface area contributed by atoms with Crippen LogP contribution in [0.1, 0.15) is 0 Å². The molecular weight excluding hydrogens is 396 g/mol. The minimum absolute atomic E-state index is 0.660. The molecule has 0 aromatic heterocycles. The number of nitrogens with zero attached hydrogens (tertiary/aromatic N) is 2. The fourth-order valence-electron chi connectivity index (χ4n) is 2.93. The lowest BCUT2D eigenvalue weighted by Gasteiger charge is -2.35. The molecule has 1 aliphatic heterocycles. The van der Waals surface area contributed by atoms with E-state index < -0.39 is 0 Å². The Balaban J connectivity index is 1.47. The molecule has 2 aromatic carbocycles. The predicted octanol–water partition coefficient (Wildman–Crippen LogP) is 4.17. The molecule has 2 aromatic rings. The molecule has 7 heteroatoms. The summed E-state index contributed by atoms with van der Waals surface area (Å²) in [7, 11) is 2.17. The zero-order chi connectivity index (χ0) is 19.1. The molecular formula is C20H25ClN4S2. The summed E-state index contributed by atoms with van der Waals surface area (Å²) >= 11 is 13.2. The third-order valence-corrected chi connectivity index (χ3v) is 5.98. The molecule has 0 spiro atoms. The van der Waals surface area contributed by atoms with Crippen molar-refractivity contribution in [1.29, 1.82) is 0 Å². The number of thioether (sulfide) groups is 1. The van der Waals surface area contributed by atoms with Crippen LogP contribution in [0.5, 0.6) is 0 Å². The molecule has 0 unspecified atom stereocenters. The maximum Gasteiger partial charge on any atom is 0.170 e. The fourth-order valence-corrected chi connectivity index (χ4v) is 4.04. The van der Waals surface area contributed by atoms with Gasteiger partial charge in [-0.05, 0) is 55.7 Å². The lowest BCUT2D eigenvalue weighted by molar-refractivity contribution is 0.313. The van der Waals surface area contributed by atoms with Crippen LogP contribution in [0.25, 0.3) is 0 Å². The number of hydrogen-bond donors (Lipinski definition) is 2. The van der Waals surface area contributed by atoms with E-state index in [-0.39, 0.29) is 0 Å². The number of thiocarbonyl (C=S) groups is 1. The van der Waals surface area contributed by atoms with Crippen LogP contribution in [-0.2, 0) is 0 Å². The van der Waals surface area contributed by atoms with Crippen molar-refractivity contribution in [1.82, 2.24) is 10.2 Å². The van der Waals surface area contributed by atoms with Crippen molar-refractivity contribution >= 4 is 52.1 Å². The molecule has 0 aliphatic carbocycles. The van der Waals surface area contributed by atoms with Crippen LogP contribution in [0.2, 0.25) is 5.02 Å².